The van der Waals surface area contributed by atoms with E-state index in [0.717, 1.165) is 22.2 Å². The van der Waals surface area contributed by atoms with Gasteiger partial charge in [0.15, 0.2) is 0 Å². The first-order valence-corrected chi connectivity index (χ1v) is 9.09. The molecule has 0 spiro atoms. The molecule has 2 atom stereocenters. The van der Waals surface area contributed by atoms with Gasteiger partial charge in [-0.25, -0.2) is 0 Å². The zero-order chi connectivity index (χ0) is 19.1. The van der Waals surface area contributed by atoms with Crippen LogP contribution in [-0.2, 0) is 21.4 Å². The van der Waals surface area contributed by atoms with Gasteiger partial charge in [-0.3, -0.25) is 9.59 Å². The fourth-order valence-corrected chi connectivity index (χ4v) is 3.53. The highest BCUT2D eigenvalue weighted by atomic mass is 16.2. The van der Waals surface area contributed by atoms with Gasteiger partial charge in [0.25, 0.3) is 0 Å². The molecule has 0 aliphatic carbocycles. The van der Waals surface area contributed by atoms with E-state index in [1.807, 2.05) is 44.2 Å². The lowest BCUT2D eigenvalue weighted by Crippen LogP contribution is -2.63. The molecule has 3 N–H and O–H groups in total. The molecule has 0 bridgehead atoms. The number of para-hydroxylation sites is 1. The number of nitrogens with one attached hydrogen (secondary N) is 3. The Bertz CT molecular complexity index is 863. The summed E-state index contributed by atoms with van der Waals surface area (Å²) in [6.45, 7) is 12.0. The molecule has 1 fully saturated rings. The molecule has 1 saturated heterocycles. The van der Waals surface area contributed by atoms with Crippen molar-refractivity contribution in [2.24, 2.45) is 5.92 Å². The van der Waals surface area contributed by atoms with Crippen LogP contribution in [0.2, 0.25) is 0 Å². The van der Waals surface area contributed by atoms with Gasteiger partial charge in [0.2, 0.25) is 11.8 Å². The molecule has 5 nitrogen and oxygen atoms in total. The summed E-state index contributed by atoms with van der Waals surface area (Å²) >= 11 is 0. The van der Waals surface area contributed by atoms with Crippen molar-refractivity contribution in [3.05, 3.63) is 48.2 Å². The summed E-state index contributed by atoms with van der Waals surface area (Å²) in [4.78, 5) is 28.4. The Hall–Kier alpha value is -2.56. The van der Waals surface area contributed by atoms with E-state index in [9.17, 15) is 9.59 Å². The van der Waals surface area contributed by atoms with Crippen LogP contribution in [0.15, 0.2) is 36.9 Å². The number of aromatic amines is 1. The van der Waals surface area contributed by atoms with Crippen molar-refractivity contribution < 1.29 is 9.59 Å². The molecule has 1 aliphatic rings. The highest BCUT2D eigenvalue weighted by Crippen LogP contribution is 2.33. The van der Waals surface area contributed by atoms with E-state index in [4.69, 9.17) is 0 Å². The number of carbonyl (C=O) groups excluding carboxylic acids is 2. The number of H-pyrrole nitrogens is 1. The maximum absolute atomic E-state index is 12.6. The molecular formula is C21H27N3O2. The molecule has 0 unspecified atom stereocenters. The Morgan fingerprint density at radius 2 is 1.85 bits per heavy atom. The van der Waals surface area contributed by atoms with Crippen LogP contribution in [0.1, 0.15) is 39.0 Å². The molecule has 2 aromatic rings. The zero-order valence-corrected chi connectivity index (χ0v) is 15.8. The SMILES string of the molecule is C=CC(C)(C)c1[nH]c2ccccc2c1C[C@@H]1NC(=O)[C@@H](C(C)C)NC1=O. The van der Waals surface area contributed by atoms with Crippen LogP contribution in [0, 0.1) is 5.92 Å². The molecule has 0 radical (unpaired) electrons. The van der Waals surface area contributed by atoms with Gasteiger partial charge in [0, 0.05) is 28.4 Å². The Morgan fingerprint density at radius 3 is 2.50 bits per heavy atom. The van der Waals surface area contributed by atoms with Crippen LogP contribution in [0.3, 0.4) is 0 Å². The lowest BCUT2D eigenvalue weighted by atomic mass is 9.84. The summed E-state index contributed by atoms with van der Waals surface area (Å²) < 4.78 is 0. The molecule has 0 saturated carbocycles. The minimum atomic E-state index is -0.573. The van der Waals surface area contributed by atoms with Crippen molar-refractivity contribution in [2.45, 2.75) is 51.6 Å². The average Bonchev–Trinajstić information content (AvgIpc) is 2.97. The van der Waals surface area contributed by atoms with Gasteiger partial charge in [-0.1, -0.05) is 52.0 Å². The number of hydrogen-bond donors (Lipinski definition) is 3. The first kappa shape index (κ1) is 18.2. The van der Waals surface area contributed by atoms with Gasteiger partial charge < -0.3 is 15.6 Å². The summed E-state index contributed by atoms with van der Waals surface area (Å²) in [7, 11) is 0. The van der Waals surface area contributed by atoms with Crippen LogP contribution >= 0.6 is 0 Å². The first-order valence-electron chi connectivity index (χ1n) is 9.09. The Kier molecular flexibility index (Phi) is 4.65. The van der Waals surface area contributed by atoms with Crippen molar-refractivity contribution in [3.8, 4) is 0 Å². The summed E-state index contributed by atoms with van der Waals surface area (Å²) in [6, 6.07) is 7.00. The summed E-state index contributed by atoms with van der Waals surface area (Å²) in [5.41, 5.74) is 2.83. The zero-order valence-electron chi connectivity index (χ0n) is 15.8. The number of piperazine rings is 1. The third-order valence-corrected chi connectivity index (χ3v) is 5.26. The normalized spacial score (nSPS) is 21.0. The van der Waals surface area contributed by atoms with Crippen molar-refractivity contribution in [1.82, 2.24) is 15.6 Å². The largest absolute Gasteiger partial charge is 0.357 e. The predicted octanol–water partition coefficient (Wildman–Crippen LogP) is 2.81. The van der Waals surface area contributed by atoms with E-state index in [-0.39, 0.29) is 23.1 Å². The van der Waals surface area contributed by atoms with Crippen molar-refractivity contribution >= 4 is 22.7 Å². The van der Waals surface area contributed by atoms with Crippen LogP contribution < -0.4 is 10.6 Å². The first-order chi connectivity index (χ1) is 12.2. The van der Waals surface area contributed by atoms with Gasteiger partial charge in [-0.15, -0.1) is 6.58 Å². The molecule has 2 heterocycles. The van der Waals surface area contributed by atoms with Crippen LogP contribution in [0.25, 0.3) is 10.9 Å². The van der Waals surface area contributed by atoms with E-state index in [1.54, 1.807) is 0 Å². The lowest BCUT2D eigenvalue weighted by molar-refractivity contribution is -0.137. The molecule has 1 aromatic carbocycles. The summed E-state index contributed by atoms with van der Waals surface area (Å²) in [5.74, 6) is -0.187. The maximum atomic E-state index is 12.6. The average molecular weight is 353 g/mol. The van der Waals surface area contributed by atoms with E-state index < -0.39 is 12.1 Å². The van der Waals surface area contributed by atoms with E-state index in [2.05, 4.69) is 36.0 Å². The number of aromatic nitrogens is 1. The van der Waals surface area contributed by atoms with Crippen LogP contribution in [0.5, 0.6) is 0 Å². The van der Waals surface area contributed by atoms with Gasteiger partial charge in [-0.2, -0.15) is 0 Å². The van der Waals surface area contributed by atoms with Gasteiger partial charge in [-0.05, 0) is 17.5 Å². The number of amides is 2. The second-order valence-corrected chi connectivity index (χ2v) is 7.95. The standard InChI is InChI=1S/C21H27N3O2/c1-6-21(4,5)18-14(13-9-7-8-10-15(13)22-18)11-16-19(25)24-17(12(2)3)20(26)23-16/h6-10,12,16-17,22H,1,11H2,2-5H3,(H,23,26)(H,24,25)/t16-,17+/m0/s1. The summed E-state index contributed by atoms with van der Waals surface area (Å²) in [5, 5.41) is 6.85. The van der Waals surface area contributed by atoms with Crippen molar-refractivity contribution in [1.29, 1.82) is 0 Å². The van der Waals surface area contributed by atoms with Crippen molar-refractivity contribution in [2.75, 3.05) is 0 Å². The third kappa shape index (κ3) is 3.14. The third-order valence-electron chi connectivity index (χ3n) is 5.26. The van der Waals surface area contributed by atoms with Gasteiger partial charge in [0.05, 0.1) is 0 Å². The molecule has 1 aromatic heterocycles. The molecule has 5 heteroatoms. The van der Waals surface area contributed by atoms with Crippen LogP contribution in [-0.4, -0.2) is 28.9 Å². The van der Waals surface area contributed by atoms with Gasteiger partial charge in [0.1, 0.15) is 12.1 Å². The Labute approximate surface area is 154 Å². The number of fused-ring (bicyclic) bond motifs is 1. The minimum Gasteiger partial charge on any atom is -0.357 e. The highest BCUT2D eigenvalue weighted by Gasteiger charge is 2.36. The minimum absolute atomic E-state index is 0.0586. The number of carbonyl (C=O) groups is 2. The molecular weight excluding hydrogens is 326 g/mol. The molecule has 1 aliphatic heterocycles. The topological polar surface area (TPSA) is 74.0 Å². The predicted molar refractivity (Wildman–Crippen MR) is 104 cm³/mol. The van der Waals surface area contributed by atoms with E-state index in [1.165, 1.54) is 0 Å². The lowest BCUT2D eigenvalue weighted by Gasteiger charge is -2.32. The number of hydrogen-bond acceptors (Lipinski definition) is 2. The molecule has 3 rings (SSSR count). The molecule has 2 amide bonds. The van der Waals surface area contributed by atoms with Gasteiger partial charge >= 0.3 is 0 Å². The second-order valence-electron chi connectivity index (χ2n) is 7.95. The molecule has 138 valence electrons. The number of rotatable bonds is 5. The Morgan fingerprint density at radius 1 is 1.15 bits per heavy atom. The highest BCUT2D eigenvalue weighted by molar-refractivity contribution is 5.97. The number of allylic oxidation sites excluding steroid dienone is 1. The Balaban J connectivity index is 1.98. The summed E-state index contributed by atoms with van der Waals surface area (Å²) in [6.07, 6.45) is 2.34. The number of benzene rings is 1. The smallest absolute Gasteiger partial charge is 0.243 e. The van der Waals surface area contributed by atoms with E-state index >= 15 is 0 Å². The monoisotopic (exact) mass is 353 g/mol. The van der Waals surface area contributed by atoms with Crippen molar-refractivity contribution in [3.63, 3.8) is 0 Å². The van der Waals surface area contributed by atoms with E-state index in [0.29, 0.717) is 6.42 Å². The molecule has 26 heavy (non-hydrogen) atoms. The second kappa shape index (κ2) is 6.63. The quantitative estimate of drug-likeness (QED) is 0.723. The fraction of sp³-hybridized carbons (Fsp3) is 0.429. The van der Waals surface area contributed by atoms with Crippen LogP contribution in [0.4, 0.5) is 0 Å². The maximum Gasteiger partial charge on any atom is 0.243 e. The fourth-order valence-electron chi connectivity index (χ4n) is 3.53.